The molecule has 1 fully saturated rings. The Morgan fingerprint density at radius 2 is 1.80 bits per heavy atom. The predicted molar refractivity (Wildman–Crippen MR) is 130 cm³/mol. The van der Waals surface area contributed by atoms with E-state index < -0.39 is 0 Å². The van der Waals surface area contributed by atoms with Gasteiger partial charge in [0.25, 0.3) is 0 Å². The summed E-state index contributed by atoms with van der Waals surface area (Å²) >= 11 is 1.43. The summed E-state index contributed by atoms with van der Waals surface area (Å²) in [5, 5.41) is 31.2. The van der Waals surface area contributed by atoms with E-state index in [4.69, 9.17) is 0 Å². The van der Waals surface area contributed by atoms with Gasteiger partial charge in [0.1, 0.15) is 12.1 Å². The predicted octanol–water partition coefficient (Wildman–Crippen LogP) is 2.91. The van der Waals surface area contributed by atoms with Gasteiger partial charge in [-0.1, -0.05) is 23.9 Å². The number of carbonyl (C=O) groups excluding carboxylic acids is 1. The van der Waals surface area contributed by atoms with E-state index in [1.807, 2.05) is 41.6 Å². The van der Waals surface area contributed by atoms with Crippen LogP contribution in [0, 0.1) is 22.7 Å². The maximum atomic E-state index is 12.5. The van der Waals surface area contributed by atoms with Crippen molar-refractivity contribution in [2.75, 3.05) is 26.2 Å². The van der Waals surface area contributed by atoms with Crippen LogP contribution in [-0.4, -0.2) is 56.4 Å². The first-order valence-electron chi connectivity index (χ1n) is 11.3. The standard InChI is InChI=1S/C25H22N8OS/c26-12-18-3-1-2-4-22(18)35-23-11-19(17-33-25(23)20(13-27)14-30-33)21-15-29-32(16-21)8-5-24(34)31-9-6-28-7-10-31/h1-4,11,14-17,28H,5-10H2. The Kier molecular flexibility index (Phi) is 6.49. The first kappa shape index (κ1) is 22.7. The number of carbonyl (C=O) groups is 1. The number of aryl methyl sites for hydroxylation is 1. The lowest BCUT2D eigenvalue weighted by Gasteiger charge is -2.27. The third-order valence-electron chi connectivity index (χ3n) is 5.92. The lowest BCUT2D eigenvalue weighted by atomic mass is 10.1. The molecule has 0 radical (unpaired) electrons. The highest BCUT2D eigenvalue weighted by Crippen LogP contribution is 2.37. The average molecular weight is 483 g/mol. The SMILES string of the molecule is N#Cc1ccccc1Sc1cc(-c2cnn(CCC(=O)N3CCNCC3)c2)cn2ncc(C#N)c12. The third kappa shape index (κ3) is 4.76. The molecule has 4 aromatic rings. The molecule has 1 N–H and O–H groups in total. The summed E-state index contributed by atoms with van der Waals surface area (Å²) in [7, 11) is 0. The number of amides is 1. The summed E-state index contributed by atoms with van der Waals surface area (Å²) < 4.78 is 3.47. The van der Waals surface area contributed by atoms with E-state index >= 15 is 0 Å². The Balaban J connectivity index is 1.42. The second-order valence-electron chi connectivity index (χ2n) is 8.14. The van der Waals surface area contributed by atoms with E-state index in [-0.39, 0.29) is 5.91 Å². The van der Waals surface area contributed by atoms with Crippen LogP contribution in [0.5, 0.6) is 0 Å². The van der Waals surface area contributed by atoms with Crippen LogP contribution in [0.1, 0.15) is 17.5 Å². The highest BCUT2D eigenvalue weighted by molar-refractivity contribution is 7.99. The summed E-state index contributed by atoms with van der Waals surface area (Å²) in [6, 6.07) is 13.8. The molecule has 0 aliphatic carbocycles. The van der Waals surface area contributed by atoms with Crippen molar-refractivity contribution in [2.45, 2.75) is 22.8 Å². The molecule has 0 saturated carbocycles. The van der Waals surface area contributed by atoms with Crippen molar-refractivity contribution < 1.29 is 4.79 Å². The minimum atomic E-state index is 0.139. The Labute approximate surface area is 206 Å². The van der Waals surface area contributed by atoms with E-state index in [9.17, 15) is 15.3 Å². The van der Waals surface area contributed by atoms with Gasteiger partial charge in [0.05, 0.1) is 29.0 Å². The summed E-state index contributed by atoms with van der Waals surface area (Å²) in [6.45, 7) is 3.66. The molecular formula is C25H22N8OS. The number of nitrogens with zero attached hydrogens (tertiary/aromatic N) is 7. The molecule has 1 aromatic carbocycles. The van der Waals surface area contributed by atoms with Crippen molar-refractivity contribution in [1.82, 2.24) is 29.6 Å². The van der Waals surface area contributed by atoms with Crippen molar-refractivity contribution >= 4 is 23.2 Å². The van der Waals surface area contributed by atoms with Crippen LogP contribution in [0.2, 0.25) is 0 Å². The molecule has 10 heteroatoms. The number of aromatic nitrogens is 4. The highest BCUT2D eigenvalue weighted by atomic mass is 32.2. The first-order valence-corrected chi connectivity index (χ1v) is 12.1. The molecule has 1 saturated heterocycles. The Morgan fingerprint density at radius 3 is 2.60 bits per heavy atom. The average Bonchev–Trinajstić information content (AvgIpc) is 3.55. The lowest BCUT2D eigenvalue weighted by molar-refractivity contribution is -0.132. The molecule has 1 aliphatic rings. The van der Waals surface area contributed by atoms with Gasteiger partial charge in [0, 0.05) is 72.5 Å². The molecule has 0 atom stereocenters. The largest absolute Gasteiger partial charge is 0.340 e. The summed E-state index contributed by atoms with van der Waals surface area (Å²) in [5.41, 5.74) is 3.49. The van der Waals surface area contributed by atoms with Crippen molar-refractivity contribution in [3.8, 4) is 23.3 Å². The molecule has 174 valence electrons. The minimum Gasteiger partial charge on any atom is -0.340 e. The normalized spacial score (nSPS) is 13.5. The van der Waals surface area contributed by atoms with Crippen LogP contribution < -0.4 is 5.32 Å². The molecular weight excluding hydrogens is 460 g/mol. The van der Waals surface area contributed by atoms with Crippen molar-refractivity contribution in [2.24, 2.45) is 0 Å². The number of rotatable bonds is 6. The topological polar surface area (TPSA) is 115 Å². The van der Waals surface area contributed by atoms with Gasteiger partial charge >= 0.3 is 0 Å². The van der Waals surface area contributed by atoms with Gasteiger partial charge in [-0.3, -0.25) is 9.48 Å². The maximum absolute atomic E-state index is 12.5. The highest BCUT2D eigenvalue weighted by Gasteiger charge is 2.17. The lowest BCUT2D eigenvalue weighted by Crippen LogP contribution is -2.46. The van der Waals surface area contributed by atoms with E-state index in [2.05, 4.69) is 27.7 Å². The number of piperazine rings is 1. The van der Waals surface area contributed by atoms with Crippen molar-refractivity contribution in [3.63, 3.8) is 0 Å². The first-order chi connectivity index (χ1) is 17.2. The summed E-state index contributed by atoms with van der Waals surface area (Å²) in [4.78, 5) is 16.0. The van der Waals surface area contributed by atoms with Crippen LogP contribution in [0.4, 0.5) is 0 Å². The molecule has 3 aromatic heterocycles. The van der Waals surface area contributed by atoms with Crippen LogP contribution in [-0.2, 0) is 11.3 Å². The van der Waals surface area contributed by atoms with Gasteiger partial charge in [0.2, 0.25) is 5.91 Å². The second-order valence-corrected chi connectivity index (χ2v) is 9.22. The van der Waals surface area contributed by atoms with Gasteiger partial charge in [0.15, 0.2) is 0 Å². The van der Waals surface area contributed by atoms with Crippen LogP contribution in [0.3, 0.4) is 0 Å². The summed E-state index contributed by atoms with van der Waals surface area (Å²) in [5.74, 6) is 0.139. The maximum Gasteiger partial charge on any atom is 0.224 e. The van der Waals surface area contributed by atoms with Gasteiger partial charge in [-0.25, -0.2) is 4.52 Å². The molecule has 0 bridgehead atoms. The monoisotopic (exact) mass is 482 g/mol. The van der Waals surface area contributed by atoms with Gasteiger partial charge in [-0.2, -0.15) is 20.7 Å². The molecule has 4 heterocycles. The molecule has 5 rings (SSSR count). The fourth-order valence-electron chi connectivity index (χ4n) is 4.09. The fourth-order valence-corrected chi connectivity index (χ4v) is 5.18. The zero-order chi connectivity index (χ0) is 24.2. The smallest absolute Gasteiger partial charge is 0.224 e. The summed E-state index contributed by atoms with van der Waals surface area (Å²) in [6.07, 6.45) is 7.49. The molecule has 0 unspecified atom stereocenters. The van der Waals surface area contributed by atoms with Gasteiger partial charge < -0.3 is 10.2 Å². The van der Waals surface area contributed by atoms with Gasteiger partial charge in [-0.15, -0.1) is 0 Å². The number of benzene rings is 1. The van der Waals surface area contributed by atoms with Gasteiger partial charge in [-0.05, 0) is 18.2 Å². The fraction of sp³-hybridized carbons (Fsp3) is 0.240. The number of nitrogens with one attached hydrogen (secondary N) is 1. The van der Waals surface area contributed by atoms with Crippen LogP contribution in [0.25, 0.3) is 16.6 Å². The number of hydrogen-bond acceptors (Lipinski definition) is 7. The molecule has 9 nitrogen and oxygen atoms in total. The molecule has 0 spiro atoms. The number of fused-ring (bicyclic) bond motifs is 1. The van der Waals surface area contributed by atoms with Crippen LogP contribution in [0.15, 0.2) is 64.9 Å². The van der Waals surface area contributed by atoms with E-state index in [1.165, 1.54) is 11.8 Å². The minimum absolute atomic E-state index is 0.139. The number of hydrogen-bond donors (Lipinski definition) is 1. The quantitative estimate of drug-likeness (QED) is 0.449. The molecule has 35 heavy (non-hydrogen) atoms. The second kappa shape index (κ2) is 10.0. The Morgan fingerprint density at radius 1 is 1.00 bits per heavy atom. The zero-order valence-corrected chi connectivity index (χ0v) is 19.7. The van der Waals surface area contributed by atoms with E-state index in [0.717, 1.165) is 47.1 Å². The Hall–Kier alpha value is -4.12. The third-order valence-corrected chi connectivity index (χ3v) is 7.02. The van der Waals surface area contributed by atoms with Crippen molar-refractivity contribution in [3.05, 3.63) is 66.2 Å². The Bertz CT molecular complexity index is 1470. The number of nitriles is 2. The van der Waals surface area contributed by atoms with E-state index in [0.29, 0.717) is 29.6 Å². The van der Waals surface area contributed by atoms with E-state index in [1.54, 1.807) is 27.7 Å². The molecule has 1 aliphatic heterocycles. The van der Waals surface area contributed by atoms with Crippen molar-refractivity contribution in [1.29, 1.82) is 10.5 Å². The van der Waals surface area contributed by atoms with Crippen LogP contribution >= 0.6 is 11.8 Å². The zero-order valence-electron chi connectivity index (χ0n) is 18.9. The molecule has 1 amide bonds. The number of pyridine rings is 1.